The number of hydrogen-bond acceptors (Lipinski definition) is 2. The molecule has 1 rings (SSSR count). The molecule has 3 heteroatoms. The van der Waals surface area contributed by atoms with Gasteiger partial charge in [-0.15, -0.1) is 0 Å². The molecule has 0 aromatic heterocycles. The second kappa shape index (κ2) is 4.10. The van der Waals surface area contributed by atoms with Crippen LogP contribution in [0.2, 0.25) is 0 Å². The van der Waals surface area contributed by atoms with E-state index in [1.54, 1.807) is 0 Å². The van der Waals surface area contributed by atoms with Crippen molar-refractivity contribution >= 4 is 5.91 Å². The minimum atomic E-state index is -0.551. The van der Waals surface area contributed by atoms with Gasteiger partial charge >= 0.3 is 0 Å². The summed E-state index contributed by atoms with van der Waals surface area (Å²) in [5, 5.41) is 8.70. The van der Waals surface area contributed by atoms with Gasteiger partial charge < -0.3 is 5.73 Å². The summed E-state index contributed by atoms with van der Waals surface area (Å²) < 4.78 is 0. The Bertz CT molecular complexity index is 201. The number of nitriles is 1. The predicted molar refractivity (Wildman–Crippen MR) is 44.9 cm³/mol. The maximum Gasteiger partial charge on any atom is 0.235 e. The SMILES string of the molecule is N#CC(C(N)=O)C1CCCCC1. The molecule has 0 aromatic carbocycles. The Labute approximate surface area is 72.5 Å². The lowest BCUT2D eigenvalue weighted by atomic mass is 9.80. The Morgan fingerprint density at radius 1 is 1.42 bits per heavy atom. The maximum absolute atomic E-state index is 10.8. The minimum Gasteiger partial charge on any atom is -0.369 e. The Hall–Kier alpha value is -1.04. The standard InChI is InChI=1S/C9H14N2O/c10-6-8(9(11)12)7-4-2-1-3-5-7/h7-8H,1-5H2,(H2,11,12). The highest BCUT2D eigenvalue weighted by Crippen LogP contribution is 2.29. The number of hydrogen-bond donors (Lipinski definition) is 1. The fourth-order valence-corrected chi connectivity index (χ4v) is 1.87. The topological polar surface area (TPSA) is 66.9 Å². The van der Waals surface area contributed by atoms with Gasteiger partial charge in [-0.2, -0.15) is 5.26 Å². The lowest BCUT2D eigenvalue weighted by molar-refractivity contribution is -0.121. The van der Waals surface area contributed by atoms with E-state index >= 15 is 0 Å². The molecular formula is C9H14N2O. The summed E-state index contributed by atoms with van der Waals surface area (Å²) in [5.41, 5.74) is 5.12. The zero-order valence-corrected chi connectivity index (χ0v) is 7.12. The largest absolute Gasteiger partial charge is 0.369 e. The lowest BCUT2D eigenvalue weighted by Crippen LogP contribution is -2.30. The second-order valence-corrected chi connectivity index (χ2v) is 3.41. The molecule has 0 heterocycles. The first kappa shape index (κ1) is 9.05. The zero-order chi connectivity index (χ0) is 8.97. The monoisotopic (exact) mass is 166 g/mol. The van der Waals surface area contributed by atoms with Gasteiger partial charge in [-0.3, -0.25) is 4.79 Å². The quantitative estimate of drug-likeness (QED) is 0.669. The highest BCUT2D eigenvalue weighted by molar-refractivity contribution is 5.79. The van der Waals surface area contributed by atoms with Gasteiger partial charge in [-0.1, -0.05) is 19.3 Å². The number of primary amides is 1. The molecule has 1 amide bonds. The molecule has 3 nitrogen and oxygen atoms in total. The normalized spacial score (nSPS) is 21.2. The zero-order valence-electron chi connectivity index (χ0n) is 7.12. The molecule has 0 bridgehead atoms. The van der Waals surface area contributed by atoms with Gasteiger partial charge in [0.15, 0.2) is 0 Å². The summed E-state index contributed by atoms with van der Waals surface area (Å²) in [6.45, 7) is 0. The Balaban J connectivity index is 2.53. The van der Waals surface area contributed by atoms with Crippen LogP contribution < -0.4 is 5.73 Å². The molecule has 0 spiro atoms. The molecule has 0 saturated heterocycles. The van der Waals surface area contributed by atoms with E-state index in [2.05, 4.69) is 0 Å². The first-order valence-corrected chi connectivity index (χ1v) is 4.44. The van der Waals surface area contributed by atoms with Crippen molar-refractivity contribution in [3.8, 4) is 6.07 Å². The molecule has 0 aromatic rings. The molecule has 1 atom stereocenters. The van der Waals surface area contributed by atoms with Crippen LogP contribution in [0.1, 0.15) is 32.1 Å². The molecule has 1 aliphatic carbocycles. The third-order valence-corrected chi connectivity index (χ3v) is 2.57. The molecular weight excluding hydrogens is 152 g/mol. The highest BCUT2D eigenvalue weighted by Gasteiger charge is 2.27. The number of nitrogens with zero attached hydrogens (tertiary/aromatic N) is 1. The van der Waals surface area contributed by atoms with E-state index in [9.17, 15) is 4.79 Å². The minimum absolute atomic E-state index is 0.223. The van der Waals surface area contributed by atoms with E-state index < -0.39 is 11.8 Å². The van der Waals surface area contributed by atoms with Crippen LogP contribution in [0.5, 0.6) is 0 Å². The van der Waals surface area contributed by atoms with Crippen molar-refractivity contribution in [1.29, 1.82) is 5.26 Å². The lowest BCUT2D eigenvalue weighted by Gasteiger charge is -2.23. The van der Waals surface area contributed by atoms with Crippen molar-refractivity contribution in [2.45, 2.75) is 32.1 Å². The third kappa shape index (κ3) is 1.97. The van der Waals surface area contributed by atoms with Crippen molar-refractivity contribution in [3.05, 3.63) is 0 Å². The van der Waals surface area contributed by atoms with Crippen LogP contribution in [0.3, 0.4) is 0 Å². The first-order valence-electron chi connectivity index (χ1n) is 4.44. The van der Waals surface area contributed by atoms with E-state index in [0.717, 1.165) is 25.7 Å². The summed E-state index contributed by atoms with van der Waals surface area (Å²) in [6, 6.07) is 2.00. The Kier molecular flexibility index (Phi) is 3.09. The van der Waals surface area contributed by atoms with Gasteiger partial charge in [0.1, 0.15) is 5.92 Å². The van der Waals surface area contributed by atoms with Crippen LogP contribution in [0.4, 0.5) is 0 Å². The van der Waals surface area contributed by atoms with Crippen LogP contribution >= 0.6 is 0 Å². The number of carbonyl (C=O) groups is 1. The van der Waals surface area contributed by atoms with Crippen molar-refractivity contribution in [1.82, 2.24) is 0 Å². The molecule has 2 N–H and O–H groups in total. The number of amides is 1. The van der Waals surface area contributed by atoms with E-state index in [4.69, 9.17) is 11.0 Å². The summed E-state index contributed by atoms with van der Waals surface area (Å²) in [4.78, 5) is 10.8. The van der Waals surface area contributed by atoms with Gasteiger partial charge in [0, 0.05) is 0 Å². The molecule has 1 unspecified atom stereocenters. The molecule has 0 aliphatic heterocycles. The number of rotatable bonds is 2. The van der Waals surface area contributed by atoms with E-state index in [1.807, 2.05) is 6.07 Å². The van der Waals surface area contributed by atoms with Gasteiger partial charge in [0.2, 0.25) is 5.91 Å². The molecule has 66 valence electrons. The fourth-order valence-electron chi connectivity index (χ4n) is 1.87. The molecule has 0 radical (unpaired) electrons. The van der Waals surface area contributed by atoms with E-state index in [-0.39, 0.29) is 5.92 Å². The first-order chi connectivity index (χ1) is 5.75. The second-order valence-electron chi connectivity index (χ2n) is 3.41. The summed E-state index contributed by atoms with van der Waals surface area (Å²) in [6.07, 6.45) is 5.47. The van der Waals surface area contributed by atoms with E-state index in [1.165, 1.54) is 6.42 Å². The van der Waals surface area contributed by atoms with Gasteiger partial charge in [-0.05, 0) is 18.8 Å². The van der Waals surface area contributed by atoms with Gasteiger partial charge in [0.25, 0.3) is 0 Å². The van der Waals surface area contributed by atoms with Crippen LogP contribution in [0, 0.1) is 23.2 Å². The number of carbonyl (C=O) groups excluding carboxylic acids is 1. The smallest absolute Gasteiger partial charge is 0.235 e. The number of nitrogens with two attached hydrogens (primary N) is 1. The predicted octanol–water partition coefficient (Wildman–Crippen LogP) is 1.19. The average Bonchev–Trinajstić information content (AvgIpc) is 2.07. The van der Waals surface area contributed by atoms with Crippen molar-refractivity contribution in [3.63, 3.8) is 0 Å². The van der Waals surface area contributed by atoms with Gasteiger partial charge in [-0.25, -0.2) is 0 Å². The van der Waals surface area contributed by atoms with E-state index in [0.29, 0.717) is 0 Å². The fraction of sp³-hybridized carbons (Fsp3) is 0.778. The molecule has 1 saturated carbocycles. The van der Waals surface area contributed by atoms with Crippen molar-refractivity contribution in [2.75, 3.05) is 0 Å². The highest BCUT2D eigenvalue weighted by atomic mass is 16.1. The maximum atomic E-state index is 10.8. The van der Waals surface area contributed by atoms with Crippen molar-refractivity contribution < 1.29 is 4.79 Å². The third-order valence-electron chi connectivity index (χ3n) is 2.57. The Morgan fingerprint density at radius 3 is 2.42 bits per heavy atom. The summed E-state index contributed by atoms with van der Waals surface area (Å²) in [7, 11) is 0. The van der Waals surface area contributed by atoms with Crippen LogP contribution in [-0.2, 0) is 4.79 Å². The summed E-state index contributed by atoms with van der Waals surface area (Å²) in [5.74, 6) is -0.782. The van der Waals surface area contributed by atoms with Crippen molar-refractivity contribution in [2.24, 2.45) is 17.6 Å². The van der Waals surface area contributed by atoms with Crippen LogP contribution in [0.15, 0.2) is 0 Å². The molecule has 1 aliphatic rings. The Morgan fingerprint density at radius 2 is 2.00 bits per heavy atom. The summed E-state index contributed by atoms with van der Waals surface area (Å²) >= 11 is 0. The average molecular weight is 166 g/mol. The van der Waals surface area contributed by atoms with Gasteiger partial charge in [0.05, 0.1) is 6.07 Å². The van der Waals surface area contributed by atoms with Crippen LogP contribution in [0.25, 0.3) is 0 Å². The molecule has 12 heavy (non-hydrogen) atoms. The molecule has 1 fully saturated rings. The van der Waals surface area contributed by atoms with Crippen LogP contribution in [-0.4, -0.2) is 5.91 Å².